The Bertz CT molecular complexity index is 846. The molecule has 21 heavy (non-hydrogen) atoms. The third-order valence-corrected chi connectivity index (χ3v) is 5.22. The van der Waals surface area contributed by atoms with Gasteiger partial charge in [0.25, 0.3) is 0 Å². The van der Waals surface area contributed by atoms with Crippen LogP contribution in [0, 0.1) is 0 Å². The average Bonchev–Trinajstić information content (AvgIpc) is 3.06. The van der Waals surface area contributed by atoms with Crippen molar-refractivity contribution in [2.75, 3.05) is 0 Å². The van der Waals surface area contributed by atoms with E-state index in [0.717, 1.165) is 13.0 Å². The molecule has 0 saturated carbocycles. The average molecular weight is 274 g/mol. The van der Waals surface area contributed by atoms with Gasteiger partial charge in [-0.05, 0) is 36.1 Å². The Labute approximate surface area is 124 Å². The van der Waals surface area contributed by atoms with Crippen molar-refractivity contribution in [3.8, 4) is 0 Å². The molecule has 1 N–H and O–H groups in total. The van der Waals surface area contributed by atoms with E-state index in [-0.39, 0.29) is 0 Å². The Balaban J connectivity index is 1.80. The third kappa shape index (κ3) is 1.46. The highest BCUT2D eigenvalue weighted by atomic mass is 15.2. The Morgan fingerprint density at radius 3 is 2.81 bits per heavy atom. The molecule has 0 bridgehead atoms. The Kier molecular flexibility index (Phi) is 2.20. The molecule has 2 aliphatic rings. The molecule has 3 heterocycles. The Hall–Kier alpha value is -2.06. The van der Waals surface area contributed by atoms with Gasteiger partial charge in [-0.2, -0.15) is 0 Å². The van der Waals surface area contributed by atoms with Crippen LogP contribution in [0.25, 0.3) is 10.9 Å². The summed E-state index contributed by atoms with van der Waals surface area (Å²) in [5.74, 6) is 0. The van der Waals surface area contributed by atoms with Gasteiger partial charge >= 0.3 is 0 Å². The quantitative estimate of drug-likeness (QED) is 0.656. The molecule has 5 rings (SSSR count). The SMILES string of the molecule is C[C@@H]1Cc2c([nH]c3ccccc23)[C@H]2c3ccccc3CN21. The van der Waals surface area contributed by atoms with Gasteiger partial charge in [-0.25, -0.2) is 0 Å². The van der Waals surface area contributed by atoms with Gasteiger partial charge in [0.2, 0.25) is 0 Å². The number of aromatic nitrogens is 1. The summed E-state index contributed by atoms with van der Waals surface area (Å²) in [6.45, 7) is 3.44. The number of nitrogens with zero attached hydrogens (tertiary/aromatic N) is 1. The van der Waals surface area contributed by atoms with Crippen molar-refractivity contribution >= 4 is 10.9 Å². The molecule has 0 aliphatic carbocycles. The molecule has 0 saturated heterocycles. The number of H-pyrrole nitrogens is 1. The lowest BCUT2D eigenvalue weighted by molar-refractivity contribution is 0.162. The number of para-hydroxylation sites is 1. The minimum absolute atomic E-state index is 0.410. The van der Waals surface area contributed by atoms with E-state index in [4.69, 9.17) is 0 Å². The molecular formula is C19H18N2. The third-order valence-electron chi connectivity index (χ3n) is 5.22. The molecule has 0 fully saturated rings. The van der Waals surface area contributed by atoms with Gasteiger partial charge in [-0.1, -0.05) is 42.5 Å². The maximum absolute atomic E-state index is 3.71. The van der Waals surface area contributed by atoms with Crippen molar-refractivity contribution in [1.29, 1.82) is 0 Å². The first-order chi connectivity index (χ1) is 10.3. The summed E-state index contributed by atoms with van der Waals surface area (Å²) in [5.41, 5.74) is 7.19. The van der Waals surface area contributed by atoms with Crippen molar-refractivity contribution in [2.24, 2.45) is 0 Å². The number of rotatable bonds is 0. The maximum atomic E-state index is 3.71. The van der Waals surface area contributed by atoms with Crippen LogP contribution in [-0.2, 0) is 13.0 Å². The second kappa shape index (κ2) is 3.99. The standard InChI is InChI=1S/C19H18N2/c1-12-10-16-15-8-4-5-9-17(15)20-18(16)19-14-7-3-2-6-13(14)11-21(12)19/h2-9,12,19-20H,10-11H2,1H3/t12-,19-/m1/s1. The molecule has 2 aliphatic heterocycles. The fourth-order valence-electron chi connectivity index (χ4n) is 4.23. The molecule has 3 aromatic rings. The fraction of sp³-hybridized carbons (Fsp3) is 0.263. The largest absolute Gasteiger partial charge is 0.357 e. The van der Waals surface area contributed by atoms with E-state index in [1.807, 2.05) is 0 Å². The number of fused-ring (bicyclic) bond motifs is 7. The molecule has 2 nitrogen and oxygen atoms in total. The summed E-state index contributed by atoms with van der Waals surface area (Å²) in [6.07, 6.45) is 1.14. The topological polar surface area (TPSA) is 19.0 Å². The van der Waals surface area contributed by atoms with Gasteiger partial charge in [0.15, 0.2) is 0 Å². The Morgan fingerprint density at radius 1 is 1.05 bits per heavy atom. The number of benzene rings is 2. The van der Waals surface area contributed by atoms with Crippen LogP contribution in [0.3, 0.4) is 0 Å². The molecule has 2 aromatic carbocycles. The zero-order chi connectivity index (χ0) is 14.0. The number of hydrogen-bond acceptors (Lipinski definition) is 1. The first-order valence-electron chi connectivity index (χ1n) is 7.76. The normalized spacial score (nSPS) is 23.9. The lowest BCUT2D eigenvalue weighted by Crippen LogP contribution is -2.38. The molecule has 0 radical (unpaired) electrons. The first-order valence-corrected chi connectivity index (χ1v) is 7.76. The number of hydrogen-bond donors (Lipinski definition) is 1. The minimum atomic E-state index is 0.410. The van der Waals surface area contributed by atoms with Crippen molar-refractivity contribution in [3.63, 3.8) is 0 Å². The predicted octanol–water partition coefficient (Wildman–Crippen LogP) is 4.02. The molecule has 104 valence electrons. The van der Waals surface area contributed by atoms with Gasteiger partial charge in [-0.3, -0.25) is 4.90 Å². The molecule has 0 unspecified atom stereocenters. The van der Waals surface area contributed by atoms with E-state index in [1.165, 1.54) is 33.3 Å². The van der Waals surface area contributed by atoms with Crippen LogP contribution >= 0.6 is 0 Å². The highest BCUT2D eigenvalue weighted by molar-refractivity contribution is 5.85. The zero-order valence-corrected chi connectivity index (χ0v) is 12.1. The summed E-state index contributed by atoms with van der Waals surface area (Å²) >= 11 is 0. The molecule has 2 atom stereocenters. The van der Waals surface area contributed by atoms with Crippen molar-refractivity contribution < 1.29 is 0 Å². The van der Waals surface area contributed by atoms with Crippen LogP contribution in [0.4, 0.5) is 0 Å². The summed E-state index contributed by atoms with van der Waals surface area (Å²) in [7, 11) is 0. The summed E-state index contributed by atoms with van der Waals surface area (Å²) in [5, 5.41) is 1.41. The van der Waals surface area contributed by atoms with E-state index < -0.39 is 0 Å². The van der Waals surface area contributed by atoms with Gasteiger partial charge < -0.3 is 4.98 Å². The molecular weight excluding hydrogens is 256 g/mol. The fourth-order valence-corrected chi connectivity index (χ4v) is 4.23. The van der Waals surface area contributed by atoms with E-state index in [1.54, 1.807) is 0 Å². The minimum Gasteiger partial charge on any atom is -0.357 e. The lowest BCUT2D eigenvalue weighted by Gasteiger charge is -2.36. The number of aromatic amines is 1. The van der Waals surface area contributed by atoms with Crippen LogP contribution in [0.1, 0.15) is 35.3 Å². The van der Waals surface area contributed by atoms with E-state index in [0.29, 0.717) is 12.1 Å². The van der Waals surface area contributed by atoms with Crippen LogP contribution in [0.2, 0.25) is 0 Å². The van der Waals surface area contributed by atoms with Gasteiger partial charge in [-0.15, -0.1) is 0 Å². The first kappa shape index (κ1) is 11.6. The summed E-state index contributed by atoms with van der Waals surface area (Å²) in [4.78, 5) is 6.35. The highest BCUT2D eigenvalue weighted by Crippen LogP contribution is 2.46. The smallest absolute Gasteiger partial charge is 0.0765 e. The van der Waals surface area contributed by atoms with Gasteiger partial charge in [0.05, 0.1) is 6.04 Å². The van der Waals surface area contributed by atoms with Crippen LogP contribution < -0.4 is 0 Å². The second-order valence-electron chi connectivity index (χ2n) is 6.39. The monoisotopic (exact) mass is 274 g/mol. The number of nitrogens with one attached hydrogen (secondary N) is 1. The summed E-state index contributed by atoms with van der Waals surface area (Å²) < 4.78 is 0. The van der Waals surface area contributed by atoms with Crippen molar-refractivity contribution in [3.05, 3.63) is 70.9 Å². The second-order valence-corrected chi connectivity index (χ2v) is 6.39. The zero-order valence-electron chi connectivity index (χ0n) is 12.1. The van der Waals surface area contributed by atoms with E-state index >= 15 is 0 Å². The van der Waals surface area contributed by atoms with Gasteiger partial charge in [0, 0.05) is 29.2 Å². The van der Waals surface area contributed by atoms with Crippen molar-refractivity contribution in [2.45, 2.75) is 32.0 Å². The van der Waals surface area contributed by atoms with Gasteiger partial charge in [0.1, 0.15) is 0 Å². The van der Waals surface area contributed by atoms with Crippen molar-refractivity contribution in [1.82, 2.24) is 9.88 Å². The molecule has 0 spiro atoms. The predicted molar refractivity (Wildman–Crippen MR) is 85.3 cm³/mol. The van der Waals surface area contributed by atoms with E-state index in [9.17, 15) is 0 Å². The van der Waals surface area contributed by atoms with Crippen LogP contribution in [-0.4, -0.2) is 15.9 Å². The Morgan fingerprint density at radius 2 is 1.86 bits per heavy atom. The maximum Gasteiger partial charge on any atom is 0.0765 e. The highest BCUT2D eigenvalue weighted by Gasteiger charge is 2.40. The molecule has 2 heteroatoms. The van der Waals surface area contributed by atoms with Crippen LogP contribution in [0.5, 0.6) is 0 Å². The molecule has 1 aromatic heterocycles. The lowest BCUT2D eigenvalue weighted by atomic mass is 9.91. The van der Waals surface area contributed by atoms with Crippen LogP contribution in [0.15, 0.2) is 48.5 Å². The van der Waals surface area contributed by atoms with E-state index in [2.05, 4.69) is 65.3 Å². The molecule has 0 amide bonds. The summed E-state index contributed by atoms with van der Waals surface area (Å²) in [6, 6.07) is 18.6.